The molecular weight excluding hydrogens is 234 g/mol. The molecule has 0 aliphatic carbocycles. The molecule has 0 N–H and O–H groups in total. The molecule has 0 radical (unpaired) electrons. The lowest BCUT2D eigenvalue weighted by atomic mass is 10.2. The van der Waals surface area contributed by atoms with Crippen LogP contribution >= 0.6 is 0 Å². The van der Waals surface area contributed by atoms with Crippen LogP contribution in [-0.4, -0.2) is 31.1 Å². The fourth-order valence-corrected chi connectivity index (χ4v) is 2.29. The van der Waals surface area contributed by atoms with Crippen molar-refractivity contribution < 1.29 is 4.74 Å². The van der Waals surface area contributed by atoms with Gasteiger partial charge in [-0.25, -0.2) is 0 Å². The Labute approximate surface area is 121 Å². The molecule has 114 valence electrons. The monoisotopic (exact) mass is 269 g/mol. The summed E-state index contributed by atoms with van der Waals surface area (Å²) >= 11 is 0. The van der Waals surface area contributed by atoms with Gasteiger partial charge in [0, 0.05) is 0 Å². The second kappa shape index (κ2) is 15.6. The molecule has 0 aromatic carbocycles. The van der Waals surface area contributed by atoms with Crippen LogP contribution in [0.4, 0.5) is 0 Å². The van der Waals surface area contributed by atoms with Gasteiger partial charge in [-0.3, -0.25) is 0 Å². The average Bonchev–Trinajstić information content (AvgIpc) is 2.42. The molecule has 19 heavy (non-hydrogen) atoms. The standard InChI is InChI=1S/C17H35NO/c1-4-7-10-14-18(15-11-8-5-2)16-12-9-13-17-19-6-3/h6H,3-5,7-17H2,1-2H3. The first-order valence-corrected chi connectivity index (χ1v) is 8.30. The number of unbranched alkanes of at least 4 members (excludes halogenated alkanes) is 6. The third-order valence-corrected chi connectivity index (χ3v) is 3.51. The lowest BCUT2D eigenvalue weighted by Crippen LogP contribution is -2.27. The van der Waals surface area contributed by atoms with Gasteiger partial charge < -0.3 is 9.64 Å². The molecule has 0 aliphatic rings. The minimum atomic E-state index is 0.829. The van der Waals surface area contributed by atoms with E-state index in [1.165, 1.54) is 71.0 Å². The van der Waals surface area contributed by atoms with Crippen molar-refractivity contribution in [2.24, 2.45) is 0 Å². The Balaban J connectivity index is 3.61. The van der Waals surface area contributed by atoms with Gasteiger partial charge in [-0.1, -0.05) is 46.1 Å². The number of nitrogens with zero attached hydrogens (tertiary/aromatic N) is 1. The van der Waals surface area contributed by atoms with Crippen LogP contribution in [0.25, 0.3) is 0 Å². The molecule has 0 saturated heterocycles. The van der Waals surface area contributed by atoms with Crippen molar-refractivity contribution in [3.8, 4) is 0 Å². The number of ether oxygens (including phenoxy) is 1. The first kappa shape index (κ1) is 18.5. The average molecular weight is 269 g/mol. The number of rotatable bonds is 15. The molecule has 0 unspecified atom stereocenters. The summed E-state index contributed by atoms with van der Waals surface area (Å²) in [5.74, 6) is 0. The van der Waals surface area contributed by atoms with Crippen LogP contribution in [0.2, 0.25) is 0 Å². The summed E-state index contributed by atoms with van der Waals surface area (Å²) in [5, 5.41) is 0. The fourth-order valence-electron chi connectivity index (χ4n) is 2.29. The summed E-state index contributed by atoms with van der Waals surface area (Å²) in [5.41, 5.74) is 0. The van der Waals surface area contributed by atoms with Crippen LogP contribution in [0.5, 0.6) is 0 Å². The predicted octanol–water partition coefficient (Wildman–Crippen LogP) is 5.00. The molecule has 0 amide bonds. The molecule has 2 nitrogen and oxygen atoms in total. The summed E-state index contributed by atoms with van der Waals surface area (Å²) in [6.45, 7) is 12.8. The van der Waals surface area contributed by atoms with Gasteiger partial charge in [-0.2, -0.15) is 0 Å². The van der Waals surface area contributed by atoms with Crippen molar-refractivity contribution in [3.05, 3.63) is 12.8 Å². The van der Waals surface area contributed by atoms with Crippen molar-refractivity contribution in [2.45, 2.75) is 71.6 Å². The highest BCUT2D eigenvalue weighted by molar-refractivity contribution is 4.59. The van der Waals surface area contributed by atoms with Crippen LogP contribution in [-0.2, 0) is 4.74 Å². The highest BCUT2D eigenvalue weighted by Crippen LogP contribution is 2.05. The molecule has 0 heterocycles. The molecule has 0 atom stereocenters. The van der Waals surface area contributed by atoms with E-state index in [0.29, 0.717) is 0 Å². The van der Waals surface area contributed by atoms with E-state index in [0.717, 1.165) is 13.0 Å². The Bertz CT molecular complexity index is 172. The molecule has 0 spiro atoms. The molecule has 0 aromatic heterocycles. The lowest BCUT2D eigenvalue weighted by Gasteiger charge is -2.22. The molecular formula is C17H35NO. The Morgan fingerprint density at radius 1 is 0.789 bits per heavy atom. The highest BCUT2D eigenvalue weighted by Gasteiger charge is 2.04. The molecule has 0 saturated carbocycles. The summed E-state index contributed by atoms with van der Waals surface area (Å²) in [4.78, 5) is 2.67. The zero-order valence-corrected chi connectivity index (χ0v) is 13.3. The quantitative estimate of drug-likeness (QED) is 0.306. The van der Waals surface area contributed by atoms with E-state index in [1.54, 1.807) is 6.26 Å². The van der Waals surface area contributed by atoms with Crippen molar-refractivity contribution in [2.75, 3.05) is 26.2 Å². The number of hydrogen-bond donors (Lipinski definition) is 0. The van der Waals surface area contributed by atoms with Crippen molar-refractivity contribution >= 4 is 0 Å². The van der Waals surface area contributed by atoms with Crippen molar-refractivity contribution in [1.29, 1.82) is 0 Å². The zero-order chi connectivity index (χ0) is 14.2. The van der Waals surface area contributed by atoms with Gasteiger partial charge in [-0.15, -0.1) is 0 Å². The lowest BCUT2D eigenvalue weighted by molar-refractivity contribution is 0.229. The topological polar surface area (TPSA) is 12.5 Å². The largest absolute Gasteiger partial charge is 0.502 e. The molecule has 2 heteroatoms. The van der Waals surface area contributed by atoms with Gasteiger partial charge in [0.05, 0.1) is 12.9 Å². The van der Waals surface area contributed by atoms with Gasteiger partial charge in [0.25, 0.3) is 0 Å². The van der Waals surface area contributed by atoms with Crippen LogP contribution in [0.15, 0.2) is 12.8 Å². The predicted molar refractivity (Wildman–Crippen MR) is 85.5 cm³/mol. The van der Waals surface area contributed by atoms with E-state index in [2.05, 4.69) is 25.3 Å². The Morgan fingerprint density at radius 2 is 1.32 bits per heavy atom. The molecule has 0 rings (SSSR count). The summed E-state index contributed by atoms with van der Waals surface area (Å²) in [7, 11) is 0. The summed E-state index contributed by atoms with van der Waals surface area (Å²) < 4.78 is 5.15. The molecule has 0 bridgehead atoms. The normalized spacial score (nSPS) is 10.9. The third kappa shape index (κ3) is 13.7. The van der Waals surface area contributed by atoms with E-state index in [1.807, 2.05) is 0 Å². The van der Waals surface area contributed by atoms with E-state index in [9.17, 15) is 0 Å². The van der Waals surface area contributed by atoms with E-state index in [4.69, 9.17) is 4.74 Å². The van der Waals surface area contributed by atoms with E-state index >= 15 is 0 Å². The SMILES string of the molecule is C=COCCCCCN(CCCCC)CCCCC. The Morgan fingerprint density at radius 3 is 1.79 bits per heavy atom. The molecule has 0 aromatic rings. The van der Waals surface area contributed by atoms with Crippen molar-refractivity contribution in [3.63, 3.8) is 0 Å². The maximum absolute atomic E-state index is 5.15. The highest BCUT2D eigenvalue weighted by atomic mass is 16.5. The number of hydrogen-bond acceptors (Lipinski definition) is 2. The fraction of sp³-hybridized carbons (Fsp3) is 0.882. The van der Waals surface area contributed by atoms with Crippen LogP contribution in [0.3, 0.4) is 0 Å². The zero-order valence-electron chi connectivity index (χ0n) is 13.3. The first-order valence-electron chi connectivity index (χ1n) is 8.30. The Hall–Kier alpha value is -0.500. The molecule has 0 fully saturated rings. The van der Waals surface area contributed by atoms with Gasteiger partial charge >= 0.3 is 0 Å². The van der Waals surface area contributed by atoms with Gasteiger partial charge in [0.15, 0.2) is 0 Å². The van der Waals surface area contributed by atoms with E-state index < -0.39 is 0 Å². The second-order valence-electron chi connectivity index (χ2n) is 5.35. The van der Waals surface area contributed by atoms with Crippen LogP contribution < -0.4 is 0 Å². The smallest absolute Gasteiger partial charge is 0.0873 e. The second-order valence-corrected chi connectivity index (χ2v) is 5.35. The van der Waals surface area contributed by atoms with Gasteiger partial charge in [0.1, 0.15) is 0 Å². The summed E-state index contributed by atoms with van der Waals surface area (Å²) in [6.07, 6.45) is 13.4. The van der Waals surface area contributed by atoms with Gasteiger partial charge in [0.2, 0.25) is 0 Å². The maximum atomic E-state index is 5.15. The van der Waals surface area contributed by atoms with Crippen LogP contribution in [0, 0.1) is 0 Å². The van der Waals surface area contributed by atoms with Gasteiger partial charge in [-0.05, 0) is 51.7 Å². The van der Waals surface area contributed by atoms with Crippen molar-refractivity contribution in [1.82, 2.24) is 4.90 Å². The van der Waals surface area contributed by atoms with Crippen LogP contribution in [0.1, 0.15) is 71.6 Å². The Kier molecular flexibility index (Phi) is 15.1. The minimum absolute atomic E-state index is 0.829. The molecule has 0 aliphatic heterocycles. The first-order chi connectivity index (χ1) is 9.35. The van der Waals surface area contributed by atoms with E-state index in [-0.39, 0.29) is 0 Å². The maximum Gasteiger partial charge on any atom is 0.0873 e. The minimum Gasteiger partial charge on any atom is -0.502 e. The third-order valence-electron chi connectivity index (χ3n) is 3.51. The summed E-state index contributed by atoms with van der Waals surface area (Å²) in [6, 6.07) is 0.